The molecule has 1 saturated heterocycles. The molecule has 0 aliphatic carbocycles. The van der Waals surface area contributed by atoms with Gasteiger partial charge in [-0.1, -0.05) is 5.10 Å². The molecule has 0 amide bonds. The number of hydrogen-bond donors (Lipinski definition) is 2. The van der Waals surface area contributed by atoms with Crippen molar-refractivity contribution in [1.82, 2.24) is 15.5 Å². The molecule has 0 aromatic carbocycles. The maximum absolute atomic E-state index is 5.61. The van der Waals surface area contributed by atoms with E-state index >= 15 is 0 Å². The number of nitrogens with one attached hydrogen (secondary N) is 2. The minimum atomic E-state index is 0.178. The minimum absolute atomic E-state index is 0.178. The van der Waals surface area contributed by atoms with Crippen molar-refractivity contribution in [3.63, 3.8) is 0 Å². The van der Waals surface area contributed by atoms with Crippen LogP contribution < -0.4 is 10.6 Å². The first-order valence-corrected chi connectivity index (χ1v) is 6.70. The second-order valence-electron chi connectivity index (χ2n) is 4.66. The molecule has 1 aromatic rings. The zero-order chi connectivity index (χ0) is 13.5. The first-order chi connectivity index (χ1) is 9.29. The highest BCUT2D eigenvalue weighted by Gasteiger charge is 2.23. The fourth-order valence-corrected chi connectivity index (χ4v) is 2.04. The van der Waals surface area contributed by atoms with Crippen molar-refractivity contribution < 1.29 is 13.9 Å². The number of methoxy groups -OCH3 is 1. The monoisotopic (exact) mass is 270 g/mol. The lowest BCUT2D eigenvalue weighted by atomic mass is 10.1. The van der Waals surface area contributed by atoms with Crippen LogP contribution in [0.15, 0.2) is 4.42 Å². The summed E-state index contributed by atoms with van der Waals surface area (Å²) in [5.41, 5.74) is 0. The van der Waals surface area contributed by atoms with Crippen LogP contribution in [0.2, 0.25) is 0 Å². The van der Waals surface area contributed by atoms with E-state index < -0.39 is 0 Å². The zero-order valence-corrected chi connectivity index (χ0v) is 11.5. The molecule has 2 unspecified atom stereocenters. The van der Waals surface area contributed by atoms with Crippen molar-refractivity contribution in [2.45, 2.75) is 38.5 Å². The summed E-state index contributed by atoms with van der Waals surface area (Å²) >= 11 is 0. The largest absolute Gasteiger partial charge is 0.407 e. The van der Waals surface area contributed by atoms with E-state index in [4.69, 9.17) is 13.9 Å². The Morgan fingerprint density at radius 3 is 3.11 bits per heavy atom. The second kappa shape index (κ2) is 7.42. The number of ether oxygens (including phenoxy) is 2. The molecular weight excluding hydrogens is 248 g/mol. The van der Waals surface area contributed by atoms with Crippen molar-refractivity contribution in [3.05, 3.63) is 5.89 Å². The van der Waals surface area contributed by atoms with Gasteiger partial charge in [0.1, 0.15) is 0 Å². The molecule has 0 bridgehead atoms. The molecule has 0 radical (unpaired) electrons. The van der Waals surface area contributed by atoms with E-state index in [-0.39, 0.29) is 12.1 Å². The van der Waals surface area contributed by atoms with E-state index in [1.54, 1.807) is 7.11 Å². The van der Waals surface area contributed by atoms with Crippen molar-refractivity contribution in [3.8, 4) is 0 Å². The molecule has 2 N–H and O–H groups in total. The Hall–Kier alpha value is -1.18. The highest BCUT2D eigenvalue weighted by atomic mass is 16.5. The Balaban J connectivity index is 1.73. The predicted molar refractivity (Wildman–Crippen MR) is 69.9 cm³/mol. The minimum Gasteiger partial charge on any atom is -0.407 e. The van der Waals surface area contributed by atoms with Gasteiger partial charge in [-0.05, 0) is 19.8 Å². The Kier molecular flexibility index (Phi) is 5.56. The first-order valence-electron chi connectivity index (χ1n) is 6.70. The van der Waals surface area contributed by atoms with Crippen LogP contribution in [0.3, 0.4) is 0 Å². The Bertz CT molecular complexity index is 366. The average molecular weight is 270 g/mol. The highest BCUT2D eigenvalue weighted by molar-refractivity contribution is 5.19. The molecule has 19 heavy (non-hydrogen) atoms. The van der Waals surface area contributed by atoms with Crippen molar-refractivity contribution in [1.29, 1.82) is 0 Å². The molecule has 0 saturated carbocycles. The highest BCUT2D eigenvalue weighted by Crippen LogP contribution is 2.18. The molecule has 2 atom stereocenters. The SMILES string of the molecule is COCCNCc1nnc(NC(C)C2CCCO2)o1. The standard InChI is InChI=1S/C12H22N4O3/c1-9(10-4-3-6-18-10)14-12-16-15-11(19-12)8-13-5-7-17-2/h9-10,13H,3-8H2,1-2H3,(H,14,16). The van der Waals surface area contributed by atoms with Crippen molar-refractivity contribution >= 4 is 6.01 Å². The molecule has 1 aliphatic rings. The maximum Gasteiger partial charge on any atom is 0.315 e. The van der Waals surface area contributed by atoms with Gasteiger partial charge in [0.15, 0.2) is 0 Å². The molecular formula is C12H22N4O3. The topological polar surface area (TPSA) is 81.4 Å². The zero-order valence-electron chi connectivity index (χ0n) is 11.5. The molecule has 2 rings (SSSR count). The van der Waals surface area contributed by atoms with Gasteiger partial charge in [0.25, 0.3) is 0 Å². The summed E-state index contributed by atoms with van der Waals surface area (Å²) in [6, 6.07) is 0.629. The molecule has 108 valence electrons. The third kappa shape index (κ3) is 4.45. The normalized spacial score (nSPS) is 20.6. The maximum atomic E-state index is 5.61. The first kappa shape index (κ1) is 14.2. The van der Waals surface area contributed by atoms with Gasteiger partial charge in [-0.25, -0.2) is 0 Å². The molecule has 1 fully saturated rings. The summed E-state index contributed by atoms with van der Waals surface area (Å²) < 4.78 is 16.0. The smallest absolute Gasteiger partial charge is 0.315 e. The van der Waals surface area contributed by atoms with Gasteiger partial charge in [-0.2, -0.15) is 0 Å². The third-order valence-electron chi connectivity index (χ3n) is 3.10. The summed E-state index contributed by atoms with van der Waals surface area (Å²) in [4.78, 5) is 0. The molecule has 1 aromatic heterocycles. The number of anilines is 1. The van der Waals surface area contributed by atoms with Crippen LogP contribution >= 0.6 is 0 Å². The van der Waals surface area contributed by atoms with E-state index in [2.05, 4.69) is 27.8 Å². The van der Waals surface area contributed by atoms with Crippen molar-refractivity contribution in [2.75, 3.05) is 32.2 Å². The van der Waals surface area contributed by atoms with Crippen molar-refractivity contribution in [2.24, 2.45) is 0 Å². The van der Waals surface area contributed by atoms with Crippen LogP contribution in [-0.4, -0.2) is 49.2 Å². The predicted octanol–water partition coefficient (Wildman–Crippen LogP) is 0.785. The van der Waals surface area contributed by atoms with Crippen LogP contribution in [0, 0.1) is 0 Å². The second-order valence-corrected chi connectivity index (χ2v) is 4.66. The summed E-state index contributed by atoms with van der Waals surface area (Å²) in [5.74, 6) is 0.568. The van der Waals surface area contributed by atoms with Crippen LogP contribution in [0.5, 0.6) is 0 Å². The molecule has 7 heteroatoms. The molecule has 2 heterocycles. The van der Waals surface area contributed by atoms with Gasteiger partial charge in [0, 0.05) is 20.3 Å². The third-order valence-corrected chi connectivity index (χ3v) is 3.10. The molecule has 7 nitrogen and oxygen atoms in total. The average Bonchev–Trinajstić information content (AvgIpc) is 3.06. The van der Waals surface area contributed by atoms with E-state index in [0.717, 1.165) is 26.0 Å². The van der Waals surface area contributed by atoms with Gasteiger partial charge in [0.2, 0.25) is 5.89 Å². The number of rotatable bonds is 8. The quantitative estimate of drug-likeness (QED) is 0.676. The summed E-state index contributed by atoms with van der Waals surface area (Å²) in [6.45, 7) is 4.88. The van der Waals surface area contributed by atoms with E-state index in [9.17, 15) is 0 Å². The van der Waals surface area contributed by atoms with Gasteiger partial charge in [-0.3, -0.25) is 0 Å². The Morgan fingerprint density at radius 1 is 1.47 bits per heavy atom. The van der Waals surface area contributed by atoms with Crippen LogP contribution in [0.1, 0.15) is 25.7 Å². The van der Waals surface area contributed by atoms with E-state index in [0.29, 0.717) is 25.1 Å². The fourth-order valence-electron chi connectivity index (χ4n) is 2.04. The van der Waals surface area contributed by atoms with Gasteiger partial charge >= 0.3 is 6.01 Å². The molecule has 0 spiro atoms. The van der Waals surface area contributed by atoms with Gasteiger partial charge in [-0.15, -0.1) is 5.10 Å². The van der Waals surface area contributed by atoms with Gasteiger partial charge in [0.05, 0.1) is 25.3 Å². The van der Waals surface area contributed by atoms with Crippen LogP contribution in [0.25, 0.3) is 0 Å². The van der Waals surface area contributed by atoms with Gasteiger partial charge < -0.3 is 24.5 Å². The van der Waals surface area contributed by atoms with E-state index in [1.165, 1.54) is 0 Å². The van der Waals surface area contributed by atoms with Crippen LogP contribution in [-0.2, 0) is 16.0 Å². The number of aromatic nitrogens is 2. The Labute approximate surface area is 113 Å². The number of hydrogen-bond acceptors (Lipinski definition) is 7. The Morgan fingerprint density at radius 2 is 2.37 bits per heavy atom. The summed E-state index contributed by atoms with van der Waals surface area (Å²) in [7, 11) is 1.67. The summed E-state index contributed by atoms with van der Waals surface area (Å²) in [5, 5.41) is 14.3. The lowest BCUT2D eigenvalue weighted by Crippen LogP contribution is -2.30. The van der Waals surface area contributed by atoms with Crippen LogP contribution in [0.4, 0.5) is 6.01 Å². The van der Waals surface area contributed by atoms with E-state index in [1.807, 2.05) is 0 Å². The lowest BCUT2D eigenvalue weighted by molar-refractivity contribution is 0.0989. The molecule has 1 aliphatic heterocycles. The summed E-state index contributed by atoms with van der Waals surface area (Å²) in [6.07, 6.45) is 2.43. The lowest BCUT2D eigenvalue weighted by Gasteiger charge is -2.18. The number of nitrogens with zero attached hydrogens (tertiary/aromatic N) is 2. The fraction of sp³-hybridized carbons (Fsp3) is 0.833.